The maximum Gasteiger partial charge on any atom is 0.125 e. The van der Waals surface area contributed by atoms with Crippen LogP contribution in [0, 0.1) is 11.2 Å². The summed E-state index contributed by atoms with van der Waals surface area (Å²) in [7, 11) is 0. The Morgan fingerprint density at radius 3 is 2.55 bits per heavy atom. The van der Waals surface area contributed by atoms with Crippen molar-refractivity contribution in [2.45, 2.75) is 0 Å². The molecule has 0 bridgehead atoms. The molecule has 0 amide bonds. The van der Waals surface area contributed by atoms with Gasteiger partial charge >= 0.3 is 0 Å². The van der Waals surface area contributed by atoms with Crippen LogP contribution < -0.4 is 5.73 Å². The van der Waals surface area contributed by atoms with E-state index in [9.17, 15) is 4.39 Å². The van der Waals surface area contributed by atoms with Gasteiger partial charge in [0.1, 0.15) is 11.7 Å². The van der Waals surface area contributed by atoms with E-state index < -0.39 is 5.82 Å². The zero-order chi connectivity index (χ0) is 8.43. The third-order valence-electron chi connectivity index (χ3n) is 1.17. The molecular weight excluding hydrogens is 211 g/mol. The minimum atomic E-state index is -0.399. The number of hydrogen-bond acceptors (Lipinski definition) is 1. The van der Waals surface area contributed by atoms with Crippen molar-refractivity contribution in [1.29, 1.82) is 5.41 Å². The molecule has 0 aliphatic rings. The van der Waals surface area contributed by atoms with Crippen molar-refractivity contribution in [2.24, 2.45) is 5.73 Å². The van der Waals surface area contributed by atoms with E-state index in [4.69, 9.17) is 11.1 Å². The molecule has 0 aromatic heterocycles. The molecular formula is C7H6BrFN2. The van der Waals surface area contributed by atoms with Crippen LogP contribution in [0.15, 0.2) is 22.7 Å². The van der Waals surface area contributed by atoms with Crippen LogP contribution in [0.1, 0.15) is 5.56 Å². The molecule has 1 aromatic carbocycles. The van der Waals surface area contributed by atoms with Gasteiger partial charge in [0.05, 0.1) is 0 Å². The van der Waals surface area contributed by atoms with Gasteiger partial charge in [0.2, 0.25) is 0 Å². The van der Waals surface area contributed by atoms with Gasteiger partial charge in [-0.25, -0.2) is 4.39 Å². The first kappa shape index (κ1) is 8.20. The second-order valence-corrected chi connectivity index (χ2v) is 2.99. The smallest absolute Gasteiger partial charge is 0.125 e. The Bertz CT molecular complexity index is 278. The Morgan fingerprint density at radius 1 is 1.45 bits per heavy atom. The van der Waals surface area contributed by atoms with E-state index in [2.05, 4.69) is 15.9 Å². The number of halogens is 2. The Labute approximate surface area is 71.9 Å². The number of nitrogens with one attached hydrogen (secondary N) is 1. The van der Waals surface area contributed by atoms with Crippen LogP contribution in [0.25, 0.3) is 0 Å². The van der Waals surface area contributed by atoms with E-state index in [-0.39, 0.29) is 5.84 Å². The van der Waals surface area contributed by atoms with Crippen molar-refractivity contribution in [3.63, 3.8) is 0 Å². The molecule has 0 aliphatic heterocycles. The molecule has 0 saturated carbocycles. The fourth-order valence-electron chi connectivity index (χ4n) is 0.709. The van der Waals surface area contributed by atoms with Crippen molar-refractivity contribution >= 4 is 21.8 Å². The van der Waals surface area contributed by atoms with E-state index in [1.165, 1.54) is 12.1 Å². The maximum atomic E-state index is 12.6. The molecule has 2 nitrogen and oxygen atoms in total. The summed E-state index contributed by atoms with van der Waals surface area (Å²) in [5, 5.41) is 7.02. The first-order valence-corrected chi connectivity index (χ1v) is 3.69. The van der Waals surface area contributed by atoms with Gasteiger partial charge in [-0.05, 0) is 18.2 Å². The Hall–Kier alpha value is -0.900. The van der Waals surface area contributed by atoms with Gasteiger partial charge in [0.25, 0.3) is 0 Å². The van der Waals surface area contributed by atoms with Gasteiger partial charge in [0, 0.05) is 10.0 Å². The number of rotatable bonds is 1. The zero-order valence-corrected chi connectivity index (χ0v) is 7.15. The number of amidine groups is 1. The SMILES string of the molecule is N=C(N)c1cc(F)cc(Br)c1. The molecule has 1 rings (SSSR count). The molecule has 0 fully saturated rings. The number of nitrogen functional groups attached to an aromatic ring is 1. The van der Waals surface area contributed by atoms with Crippen molar-refractivity contribution in [3.05, 3.63) is 34.1 Å². The van der Waals surface area contributed by atoms with Gasteiger partial charge in [-0.1, -0.05) is 15.9 Å². The fraction of sp³-hybridized carbons (Fsp3) is 0. The van der Waals surface area contributed by atoms with Crippen LogP contribution in [-0.4, -0.2) is 5.84 Å². The number of hydrogen-bond donors (Lipinski definition) is 2. The second-order valence-electron chi connectivity index (χ2n) is 2.07. The Balaban J connectivity index is 3.19. The molecule has 0 saturated heterocycles. The van der Waals surface area contributed by atoms with Crippen molar-refractivity contribution in [2.75, 3.05) is 0 Å². The van der Waals surface area contributed by atoms with Gasteiger partial charge in [-0.15, -0.1) is 0 Å². The van der Waals surface area contributed by atoms with Crippen LogP contribution in [0.2, 0.25) is 0 Å². The highest BCUT2D eigenvalue weighted by Gasteiger charge is 2.00. The number of nitrogens with two attached hydrogens (primary N) is 1. The Morgan fingerprint density at radius 2 is 2.09 bits per heavy atom. The van der Waals surface area contributed by atoms with Crippen LogP contribution in [0.4, 0.5) is 4.39 Å². The fourth-order valence-corrected chi connectivity index (χ4v) is 1.17. The lowest BCUT2D eigenvalue weighted by atomic mass is 10.2. The minimum Gasteiger partial charge on any atom is -0.384 e. The van der Waals surface area contributed by atoms with E-state index in [1.54, 1.807) is 6.07 Å². The predicted octanol–water partition coefficient (Wildman–Crippen LogP) is 1.87. The van der Waals surface area contributed by atoms with Gasteiger partial charge < -0.3 is 5.73 Å². The maximum absolute atomic E-state index is 12.6. The van der Waals surface area contributed by atoms with Crippen molar-refractivity contribution < 1.29 is 4.39 Å². The molecule has 58 valence electrons. The summed E-state index contributed by atoms with van der Waals surface area (Å²) in [4.78, 5) is 0. The molecule has 1 aromatic rings. The van der Waals surface area contributed by atoms with E-state index in [0.29, 0.717) is 10.0 Å². The lowest BCUT2D eigenvalue weighted by Gasteiger charge is -1.98. The van der Waals surface area contributed by atoms with Gasteiger partial charge in [-0.2, -0.15) is 0 Å². The second kappa shape index (κ2) is 3.00. The highest BCUT2D eigenvalue weighted by molar-refractivity contribution is 9.10. The molecule has 0 unspecified atom stereocenters. The largest absolute Gasteiger partial charge is 0.384 e. The minimum absolute atomic E-state index is 0.134. The first-order chi connectivity index (χ1) is 5.09. The highest BCUT2D eigenvalue weighted by Crippen LogP contribution is 2.14. The molecule has 0 atom stereocenters. The normalized spacial score (nSPS) is 9.64. The lowest BCUT2D eigenvalue weighted by Crippen LogP contribution is -2.11. The first-order valence-electron chi connectivity index (χ1n) is 2.90. The predicted molar refractivity (Wildman–Crippen MR) is 45.1 cm³/mol. The summed E-state index contributed by atoms with van der Waals surface area (Å²) in [6.45, 7) is 0. The average Bonchev–Trinajstić information content (AvgIpc) is 1.85. The molecule has 3 N–H and O–H groups in total. The number of benzene rings is 1. The average molecular weight is 217 g/mol. The van der Waals surface area contributed by atoms with E-state index >= 15 is 0 Å². The third kappa shape index (κ3) is 2.01. The molecule has 0 spiro atoms. The standard InChI is InChI=1S/C7H6BrFN2/c8-5-1-4(7(10)11)2-6(9)3-5/h1-3H,(H3,10,11). The molecule has 11 heavy (non-hydrogen) atoms. The summed E-state index contributed by atoms with van der Waals surface area (Å²) in [5.41, 5.74) is 5.53. The van der Waals surface area contributed by atoms with Crippen LogP contribution in [0.3, 0.4) is 0 Å². The van der Waals surface area contributed by atoms with Crippen LogP contribution in [0.5, 0.6) is 0 Å². The monoisotopic (exact) mass is 216 g/mol. The van der Waals surface area contributed by atoms with Gasteiger partial charge in [-0.3, -0.25) is 5.41 Å². The summed E-state index contributed by atoms with van der Waals surface area (Å²) >= 11 is 3.09. The zero-order valence-electron chi connectivity index (χ0n) is 5.57. The lowest BCUT2D eigenvalue weighted by molar-refractivity contribution is 0.626. The third-order valence-corrected chi connectivity index (χ3v) is 1.63. The summed E-state index contributed by atoms with van der Waals surface area (Å²) < 4.78 is 13.2. The van der Waals surface area contributed by atoms with Crippen LogP contribution in [-0.2, 0) is 0 Å². The summed E-state index contributed by atoms with van der Waals surface area (Å²) in [6, 6.07) is 4.12. The molecule has 0 aliphatic carbocycles. The molecule has 0 radical (unpaired) electrons. The van der Waals surface area contributed by atoms with E-state index in [0.717, 1.165) is 0 Å². The summed E-state index contributed by atoms with van der Waals surface area (Å²) in [5.74, 6) is -0.533. The van der Waals surface area contributed by atoms with Crippen molar-refractivity contribution in [3.8, 4) is 0 Å². The molecule has 4 heteroatoms. The quantitative estimate of drug-likeness (QED) is 0.547. The molecule has 0 heterocycles. The Kier molecular flexibility index (Phi) is 2.24. The van der Waals surface area contributed by atoms with Crippen molar-refractivity contribution in [1.82, 2.24) is 0 Å². The summed E-state index contributed by atoms with van der Waals surface area (Å²) in [6.07, 6.45) is 0. The van der Waals surface area contributed by atoms with Gasteiger partial charge in [0.15, 0.2) is 0 Å². The highest BCUT2D eigenvalue weighted by atomic mass is 79.9. The van der Waals surface area contributed by atoms with Crippen LogP contribution >= 0.6 is 15.9 Å². The van der Waals surface area contributed by atoms with E-state index in [1.807, 2.05) is 0 Å². The topological polar surface area (TPSA) is 49.9 Å².